The summed E-state index contributed by atoms with van der Waals surface area (Å²) in [4.78, 5) is 16.1. The molecule has 0 N–H and O–H groups in total. The number of hydrogen-bond acceptors (Lipinski definition) is 9. The van der Waals surface area contributed by atoms with E-state index in [1.165, 1.54) is 41.0 Å². The summed E-state index contributed by atoms with van der Waals surface area (Å²) in [5, 5.41) is 28.7. The van der Waals surface area contributed by atoms with Crippen molar-refractivity contribution in [1.82, 2.24) is 19.0 Å². The van der Waals surface area contributed by atoms with E-state index >= 15 is 0 Å². The van der Waals surface area contributed by atoms with E-state index in [9.17, 15) is 18.5 Å². The van der Waals surface area contributed by atoms with Crippen LogP contribution in [0.4, 0.5) is 17.2 Å². The van der Waals surface area contributed by atoms with E-state index in [0.29, 0.717) is 22.5 Å². The van der Waals surface area contributed by atoms with Gasteiger partial charge in [0.1, 0.15) is 10.7 Å². The Labute approximate surface area is 200 Å². The molecule has 0 radical (unpaired) electrons. The zero-order chi connectivity index (χ0) is 25.2. The fraction of sp³-hybridized carbons (Fsp3) is 0.0909. The molecule has 13 heteroatoms. The summed E-state index contributed by atoms with van der Waals surface area (Å²) in [6, 6.07) is 13.9. The van der Waals surface area contributed by atoms with Crippen LogP contribution in [0.15, 0.2) is 77.1 Å². The lowest BCUT2D eigenvalue weighted by Crippen LogP contribution is -2.25. The molecule has 0 spiro atoms. The Kier molecular flexibility index (Phi) is 6.13. The number of aromatic nitrogens is 3. The minimum absolute atomic E-state index is 0.186. The maximum Gasteiger partial charge on any atom is 0.281 e. The molecule has 4 rings (SSSR count). The zero-order valence-electron chi connectivity index (χ0n) is 18.5. The van der Waals surface area contributed by atoms with Gasteiger partial charge >= 0.3 is 0 Å². The van der Waals surface area contributed by atoms with Gasteiger partial charge in [-0.05, 0) is 30.3 Å². The molecule has 0 saturated carbocycles. The fourth-order valence-corrected chi connectivity index (χ4v) is 4.49. The summed E-state index contributed by atoms with van der Waals surface area (Å²) >= 11 is 0. The second kappa shape index (κ2) is 9.20. The van der Waals surface area contributed by atoms with Gasteiger partial charge < -0.3 is 4.90 Å². The first-order valence-electron chi connectivity index (χ1n) is 10.1. The van der Waals surface area contributed by atoms with Crippen molar-refractivity contribution in [3.63, 3.8) is 0 Å². The normalized spacial score (nSPS) is 11.5. The van der Waals surface area contributed by atoms with E-state index in [1.54, 1.807) is 49.8 Å². The van der Waals surface area contributed by atoms with Crippen LogP contribution in [0.1, 0.15) is 11.1 Å². The maximum atomic E-state index is 13.5. The van der Waals surface area contributed by atoms with Crippen LogP contribution < -0.4 is 4.90 Å². The third kappa shape index (κ3) is 4.50. The summed E-state index contributed by atoms with van der Waals surface area (Å²) in [7, 11) is -1.48. The molecule has 0 aliphatic carbocycles. The standard InChI is InChI=1S/C22H18N8O4S/c1-27(22-5-3-4-9-24-22)19-7-6-18(30(31)32)12-21(19)35(33,34)28(2)25-14-17-15-26-29-10-8-16(13-23)11-20(17)29/h3-12,14-15H,1-2H3. The lowest BCUT2D eigenvalue weighted by atomic mass is 10.2. The number of nitro benzene ring substituents is 1. The van der Waals surface area contributed by atoms with Crippen molar-refractivity contribution in [3.05, 3.63) is 88.4 Å². The van der Waals surface area contributed by atoms with Crippen molar-refractivity contribution >= 4 is 38.9 Å². The summed E-state index contributed by atoms with van der Waals surface area (Å²) in [5.74, 6) is 0.448. The Morgan fingerprint density at radius 2 is 2.00 bits per heavy atom. The molecule has 0 amide bonds. The van der Waals surface area contributed by atoms with Gasteiger partial charge in [-0.1, -0.05) is 6.07 Å². The average Bonchev–Trinajstić information content (AvgIpc) is 3.28. The molecule has 3 aromatic heterocycles. The zero-order valence-corrected chi connectivity index (χ0v) is 19.4. The number of nitriles is 1. The summed E-state index contributed by atoms with van der Waals surface area (Å²) in [6.45, 7) is 0. The van der Waals surface area contributed by atoms with Gasteiger partial charge in [0, 0.05) is 44.2 Å². The van der Waals surface area contributed by atoms with Crippen LogP contribution in [-0.4, -0.2) is 52.7 Å². The molecule has 35 heavy (non-hydrogen) atoms. The highest BCUT2D eigenvalue weighted by molar-refractivity contribution is 7.89. The molecule has 0 saturated heterocycles. The van der Waals surface area contributed by atoms with Gasteiger partial charge in [0.2, 0.25) is 0 Å². The number of nitrogens with zero attached hydrogens (tertiary/aromatic N) is 8. The van der Waals surface area contributed by atoms with Crippen LogP contribution in [0.25, 0.3) is 5.52 Å². The minimum atomic E-state index is -4.32. The lowest BCUT2D eigenvalue weighted by Gasteiger charge is -2.23. The molecule has 0 bridgehead atoms. The largest absolute Gasteiger partial charge is 0.328 e. The molecule has 3 heterocycles. The van der Waals surface area contributed by atoms with Crippen LogP contribution >= 0.6 is 0 Å². The molecule has 4 aromatic rings. The molecule has 12 nitrogen and oxygen atoms in total. The van der Waals surface area contributed by atoms with Gasteiger partial charge in [-0.15, -0.1) is 0 Å². The third-order valence-corrected chi connectivity index (χ3v) is 6.85. The van der Waals surface area contributed by atoms with Crippen LogP contribution in [0.2, 0.25) is 0 Å². The first kappa shape index (κ1) is 23.3. The van der Waals surface area contributed by atoms with Crippen LogP contribution in [0, 0.1) is 21.4 Å². The van der Waals surface area contributed by atoms with Crippen molar-refractivity contribution in [2.45, 2.75) is 4.90 Å². The number of anilines is 2. The van der Waals surface area contributed by atoms with Crippen molar-refractivity contribution in [2.75, 3.05) is 19.0 Å². The van der Waals surface area contributed by atoms with Crippen molar-refractivity contribution < 1.29 is 13.3 Å². The monoisotopic (exact) mass is 490 g/mol. The van der Waals surface area contributed by atoms with Gasteiger partial charge in [-0.25, -0.2) is 9.50 Å². The Bertz CT molecular complexity index is 1590. The molecular weight excluding hydrogens is 472 g/mol. The summed E-state index contributed by atoms with van der Waals surface area (Å²) < 4.78 is 29.2. The molecular formula is C22H18N8O4S. The number of sulfonamides is 1. The second-order valence-corrected chi connectivity index (χ2v) is 9.22. The predicted molar refractivity (Wildman–Crippen MR) is 128 cm³/mol. The smallest absolute Gasteiger partial charge is 0.281 e. The molecule has 0 aliphatic rings. The highest BCUT2D eigenvalue weighted by Gasteiger charge is 2.28. The highest BCUT2D eigenvalue weighted by atomic mass is 32.2. The van der Waals surface area contributed by atoms with E-state index in [0.717, 1.165) is 10.5 Å². The van der Waals surface area contributed by atoms with Crippen molar-refractivity contribution in [2.24, 2.45) is 5.10 Å². The number of rotatable bonds is 7. The molecule has 0 unspecified atom stereocenters. The summed E-state index contributed by atoms with van der Waals surface area (Å²) in [5.41, 5.74) is 1.25. The number of benzene rings is 1. The number of nitro groups is 1. The molecule has 0 aliphatic heterocycles. The van der Waals surface area contributed by atoms with E-state index in [1.807, 2.05) is 6.07 Å². The fourth-order valence-electron chi connectivity index (χ4n) is 3.29. The van der Waals surface area contributed by atoms with Gasteiger partial charge in [0.15, 0.2) is 0 Å². The lowest BCUT2D eigenvalue weighted by molar-refractivity contribution is -0.385. The minimum Gasteiger partial charge on any atom is -0.328 e. The molecule has 1 aromatic carbocycles. The van der Waals surface area contributed by atoms with Crippen LogP contribution in [0.3, 0.4) is 0 Å². The Hall–Kier alpha value is -4.83. The molecule has 176 valence electrons. The van der Waals surface area contributed by atoms with E-state index in [-0.39, 0.29) is 16.3 Å². The van der Waals surface area contributed by atoms with E-state index in [4.69, 9.17) is 5.26 Å². The van der Waals surface area contributed by atoms with Gasteiger partial charge in [0.05, 0.1) is 40.2 Å². The number of hydrogen-bond donors (Lipinski definition) is 0. The third-order valence-electron chi connectivity index (χ3n) is 5.17. The first-order chi connectivity index (χ1) is 16.7. The Morgan fingerprint density at radius 3 is 2.69 bits per heavy atom. The highest BCUT2D eigenvalue weighted by Crippen LogP contribution is 2.33. The predicted octanol–water partition coefficient (Wildman–Crippen LogP) is 2.93. The van der Waals surface area contributed by atoms with Crippen molar-refractivity contribution in [3.8, 4) is 6.07 Å². The Morgan fingerprint density at radius 1 is 1.20 bits per heavy atom. The van der Waals surface area contributed by atoms with Crippen LogP contribution in [0.5, 0.6) is 0 Å². The quantitative estimate of drug-likeness (QED) is 0.218. The summed E-state index contributed by atoms with van der Waals surface area (Å²) in [6.07, 6.45) is 5.93. The number of fused-ring (bicyclic) bond motifs is 1. The first-order valence-corrected chi connectivity index (χ1v) is 11.5. The molecule has 0 atom stereocenters. The van der Waals surface area contributed by atoms with E-state index in [2.05, 4.69) is 15.2 Å². The van der Waals surface area contributed by atoms with Gasteiger partial charge in [-0.3, -0.25) is 10.1 Å². The topological polar surface area (TPSA) is 150 Å². The second-order valence-electron chi connectivity index (χ2n) is 7.30. The maximum absolute atomic E-state index is 13.5. The molecule has 0 fully saturated rings. The number of non-ortho nitro benzene ring substituents is 1. The number of hydrazone groups is 1. The Balaban J connectivity index is 1.75. The number of pyridine rings is 2. The average molecular weight is 491 g/mol. The SMILES string of the molecule is CN(c1ccccn1)c1ccc([N+](=O)[O-])cc1S(=O)(=O)N(C)N=Cc1cnn2ccc(C#N)cc12. The van der Waals surface area contributed by atoms with Crippen LogP contribution in [-0.2, 0) is 10.0 Å². The van der Waals surface area contributed by atoms with Gasteiger partial charge in [-0.2, -0.15) is 28.3 Å². The van der Waals surface area contributed by atoms with Gasteiger partial charge in [0.25, 0.3) is 15.7 Å². The van der Waals surface area contributed by atoms with E-state index < -0.39 is 14.9 Å². The van der Waals surface area contributed by atoms with Crippen molar-refractivity contribution in [1.29, 1.82) is 5.26 Å².